The number of hydrogen-bond acceptors (Lipinski definition) is 3. The first kappa shape index (κ1) is 21.4. The Hall–Kier alpha value is -2.35. The Morgan fingerprint density at radius 1 is 1.10 bits per heavy atom. The molecule has 3 rings (SSSR count). The molecule has 1 atom stereocenters. The van der Waals surface area contributed by atoms with E-state index in [0.717, 1.165) is 43.4 Å². The Morgan fingerprint density at radius 2 is 1.79 bits per heavy atom. The molecular weight excluding hydrogens is 401 g/mol. The summed E-state index contributed by atoms with van der Waals surface area (Å²) in [4.78, 5) is 26.7. The summed E-state index contributed by atoms with van der Waals surface area (Å²) in [6, 6.07) is 8.08. The number of halogens is 3. The Kier molecular flexibility index (Phi) is 6.62. The third-order valence-electron chi connectivity index (χ3n) is 5.11. The van der Waals surface area contributed by atoms with Gasteiger partial charge in [0.2, 0.25) is 5.91 Å². The SMILES string of the molecule is Cc1ccccc1N(C(=O)C(F)(F)F)C(C(=O)NC1CCCCC1)c1cccs1. The van der Waals surface area contributed by atoms with E-state index in [1.165, 1.54) is 6.07 Å². The third kappa shape index (κ3) is 4.98. The minimum Gasteiger partial charge on any atom is -0.351 e. The molecular formula is C21H23F3N2O2S. The zero-order chi connectivity index (χ0) is 21.0. The number of carbonyl (C=O) groups is 2. The molecule has 1 N–H and O–H groups in total. The van der Waals surface area contributed by atoms with Crippen LogP contribution in [0.4, 0.5) is 18.9 Å². The molecule has 0 spiro atoms. The Balaban J connectivity index is 2.04. The molecule has 4 nitrogen and oxygen atoms in total. The van der Waals surface area contributed by atoms with Crippen LogP contribution in [-0.2, 0) is 9.59 Å². The van der Waals surface area contributed by atoms with Gasteiger partial charge < -0.3 is 5.32 Å². The van der Waals surface area contributed by atoms with Crippen LogP contribution in [0.15, 0.2) is 41.8 Å². The van der Waals surface area contributed by atoms with Crippen LogP contribution in [0.5, 0.6) is 0 Å². The van der Waals surface area contributed by atoms with Crippen LogP contribution in [-0.4, -0.2) is 24.0 Å². The van der Waals surface area contributed by atoms with Gasteiger partial charge in [-0.3, -0.25) is 14.5 Å². The van der Waals surface area contributed by atoms with E-state index in [-0.39, 0.29) is 11.7 Å². The molecule has 2 aromatic rings. The number of hydrogen-bond donors (Lipinski definition) is 1. The zero-order valence-electron chi connectivity index (χ0n) is 16.0. The van der Waals surface area contributed by atoms with Gasteiger partial charge in [-0.2, -0.15) is 13.2 Å². The lowest BCUT2D eigenvalue weighted by Gasteiger charge is -2.33. The average molecular weight is 424 g/mol. The maximum absolute atomic E-state index is 13.5. The van der Waals surface area contributed by atoms with E-state index in [1.807, 2.05) is 0 Å². The summed E-state index contributed by atoms with van der Waals surface area (Å²) in [5.74, 6) is -2.64. The molecule has 1 aromatic carbocycles. The quantitative estimate of drug-likeness (QED) is 0.722. The summed E-state index contributed by atoms with van der Waals surface area (Å²) in [5.41, 5.74) is 0.559. The van der Waals surface area contributed by atoms with Crippen LogP contribution < -0.4 is 10.2 Å². The highest BCUT2D eigenvalue weighted by molar-refractivity contribution is 7.10. The summed E-state index contributed by atoms with van der Waals surface area (Å²) < 4.78 is 40.6. The summed E-state index contributed by atoms with van der Waals surface area (Å²) in [6.45, 7) is 1.62. The molecule has 0 radical (unpaired) electrons. The van der Waals surface area contributed by atoms with Crippen molar-refractivity contribution < 1.29 is 22.8 Å². The minimum atomic E-state index is -5.11. The number of alkyl halides is 3. The van der Waals surface area contributed by atoms with E-state index in [2.05, 4.69) is 5.32 Å². The highest BCUT2D eigenvalue weighted by atomic mass is 32.1. The summed E-state index contributed by atoms with van der Waals surface area (Å²) in [5, 5.41) is 4.57. The first-order valence-electron chi connectivity index (χ1n) is 9.59. The van der Waals surface area contributed by atoms with Gasteiger partial charge in [-0.05, 0) is 42.8 Å². The normalized spacial score (nSPS) is 16.3. The second-order valence-corrected chi connectivity index (χ2v) is 8.20. The van der Waals surface area contributed by atoms with Gasteiger partial charge in [-0.25, -0.2) is 0 Å². The predicted octanol–water partition coefficient (Wildman–Crippen LogP) is 5.14. The number of rotatable bonds is 5. The van der Waals surface area contributed by atoms with Gasteiger partial charge in [0.15, 0.2) is 6.04 Å². The van der Waals surface area contributed by atoms with Crippen LogP contribution >= 0.6 is 11.3 Å². The van der Waals surface area contributed by atoms with Gasteiger partial charge in [-0.15, -0.1) is 11.3 Å². The van der Waals surface area contributed by atoms with Gasteiger partial charge in [-0.1, -0.05) is 43.5 Å². The minimum absolute atomic E-state index is 0.0759. The van der Waals surface area contributed by atoms with Gasteiger partial charge in [0.05, 0.1) is 0 Å². The highest BCUT2D eigenvalue weighted by Crippen LogP contribution is 2.36. The van der Waals surface area contributed by atoms with Crippen molar-refractivity contribution in [2.45, 2.75) is 57.3 Å². The monoisotopic (exact) mass is 424 g/mol. The fourth-order valence-electron chi connectivity index (χ4n) is 3.68. The fourth-order valence-corrected chi connectivity index (χ4v) is 4.50. The number of carbonyl (C=O) groups excluding carboxylic acids is 2. The van der Waals surface area contributed by atoms with E-state index in [4.69, 9.17) is 0 Å². The van der Waals surface area contributed by atoms with Crippen molar-refractivity contribution in [1.82, 2.24) is 5.32 Å². The molecule has 0 bridgehead atoms. The molecule has 1 heterocycles. The molecule has 156 valence electrons. The molecule has 1 aromatic heterocycles. The largest absolute Gasteiger partial charge is 0.471 e. The van der Waals surface area contributed by atoms with Crippen molar-refractivity contribution in [2.24, 2.45) is 0 Å². The number of nitrogens with one attached hydrogen (secondary N) is 1. The van der Waals surface area contributed by atoms with Crippen LogP contribution in [0.3, 0.4) is 0 Å². The summed E-state index contributed by atoms with van der Waals surface area (Å²) >= 11 is 1.16. The standard InChI is InChI=1S/C21H23F3N2O2S/c1-14-8-5-6-11-16(14)26(20(28)21(22,23)24)18(17-12-7-13-29-17)19(27)25-15-9-3-2-4-10-15/h5-8,11-13,15,18H,2-4,9-10H2,1H3,(H,25,27). The fraction of sp³-hybridized carbons (Fsp3) is 0.429. The highest BCUT2D eigenvalue weighted by Gasteiger charge is 2.48. The summed E-state index contributed by atoms with van der Waals surface area (Å²) in [6.07, 6.45) is -0.498. The lowest BCUT2D eigenvalue weighted by atomic mass is 9.95. The lowest BCUT2D eigenvalue weighted by molar-refractivity contribution is -0.171. The van der Waals surface area contributed by atoms with Crippen LogP contribution in [0.25, 0.3) is 0 Å². The van der Waals surface area contributed by atoms with Crippen molar-refractivity contribution in [3.8, 4) is 0 Å². The van der Waals surface area contributed by atoms with Crippen molar-refractivity contribution in [3.05, 3.63) is 52.2 Å². The third-order valence-corrected chi connectivity index (χ3v) is 6.03. The molecule has 8 heteroatoms. The molecule has 0 saturated heterocycles. The smallest absolute Gasteiger partial charge is 0.351 e. The van der Waals surface area contributed by atoms with Crippen molar-refractivity contribution >= 4 is 28.8 Å². The maximum Gasteiger partial charge on any atom is 0.471 e. The van der Waals surface area contributed by atoms with E-state index in [9.17, 15) is 22.8 Å². The second kappa shape index (κ2) is 8.98. The molecule has 1 aliphatic carbocycles. The van der Waals surface area contributed by atoms with Crippen molar-refractivity contribution in [1.29, 1.82) is 0 Å². The number of amides is 2. The number of para-hydroxylation sites is 1. The molecule has 0 aliphatic heterocycles. The van der Waals surface area contributed by atoms with Gasteiger partial charge >= 0.3 is 12.1 Å². The zero-order valence-corrected chi connectivity index (χ0v) is 16.9. The number of anilines is 1. The van der Waals surface area contributed by atoms with Gasteiger partial charge in [0.1, 0.15) is 0 Å². The van der Waals surface area contributed by atoms with E-state index < -0.39 is 24.0 Å². The van der Waals surface area contributed by atoms with Crippen LogP contribution in [0.1, 0.15) is 48.6 Å². The first-order valence-corrected chi connectivity index (χ1v) is 10.5. The van der Waals surface area contributed by atoms with Crippen molar-refractivity contribution in [2.75, 3.05) is 4.90 Å². The number of aryl methyl sites for hydroxylation is 1. The van der Waals surface area contributed by atoms with Gasteiger partial charge in [0, 0.05) is 16.6 Å². The van der Waals surface area contributed by atoms with Crippen LogP contribution in [0.2, 0.25) is 0 Å². The Bertz CT molecular complexity index is 846. The van der Waals surface area contributed by atoms with E-state index in [1.54, 1.807) is 42.6 Å². The molecule has 2 amide bonds. The number of benzene rings is 1. The average Bonchev–Trinajstić information content (AvgIpc) is 3.20. The lowest BCUT2D eigenvalue weighted by Crippen LogP contribution is -2.50. The van der Waals surface area contributed by atoms with Crippen molar-refractivity contribution in [3.63, 3.8) is 0 Å². The van der Waals surface area contributed by atoms with E-state index >= 15 is 0 Å². The topological polar surface area (TPSA) is 49.4 Å². The van der Waals surface area contributed by atoms with E-state index in [0.29, 0.717) is 15.3 Å². The van der Waals surface area contributed by atoms with Crippen LogP contribution in [0, 0.1) is 6.92 Å². The molecule has 1 saturated carbocycles. The number of nitrogens with zero attached hydrogens (tertiary/aromatic N) is 1. The number of thiophene rings is 1. The molecule has 29 heavy (non-hydrogen) atoms. The Labute approximate surface area is 171 Å². The maximum atomic E-state index is 13.5. The van der Waals surface area contributed by atoms with Gasteiger partial charge in [0.25, 0.3) is 0 Å². The predicted molar refractivity (Wildman–Crippen MR) is 107 cm³/mol. The first-order chi connectivity index (χ1) is 13.8. The molecule has 1 aliphatic rings. The summed E-state index contributed by atoms with van der Waals surface area (Å²) in [7, 11) is 0. The Morgan fingerprint density at radius 3 is 2.38 bits per heavy atom. The second-order valence-electron chi connectivity index (χ2n) is 7.22. The molecule has 1 fully saturated rings. The molecule has 1 unspecified atom stereocenters.